The standard InChI is InChI=1S/2C17H30O2/c1-5-16(2,3)15(18)19-17(4)12-8-10-13-9-6-7-11-14(13)17;1-5-16(2,3)15(18)19-17(4)11-10-13-8-6-7-9-14(13)12-17/h2*13-14H,5-12H2,1-4H3. The lowest BCUT2D eigenvalue weighted by Gasteiger charge is -2.48. The van der Waals surface area contributed by atoms with Gasteiger partial charge in [0.15, 0.2) is 0 Å². The Morgan fingerprint density at radius 3 is 1.76 bits per heavy atom. The van der Waals surface area contributed by atoms with Gasteiger partial charge in [0.2, 0.25) is 0 Å². The Morgan fingerprint density at radius 1 is 0.658 bits per heavy atom. The summed E-state index contributed by atoms with van der Waals surface area (Å²) in [5, 5.41) is 0. The van der Waals surface area contributed by atoms with E-state index in [-0.39, 0.29) is 34.0 Å². The summed E-state index contributed by atoms with van der Waals surface area (Å²) in [6.45, 7) is 16.4. The van der Waals surface area contributed by atoms with Crippen molar-refractivity contribution in [2.45, 2.75) is 169 Å². The number of ether oxygens (including phenoxy) is 2. The molecule has 4 aliphatic carbocycles. The Labute approximate surface area is 234 Å². The van der Waals surface area contributed by atoms with E-state index in [0.29, 0.717) is 5.92 Å². The molecular formula is C34H60O4. The first-order valence-corrected chi connectivity index (χ1v) is 16.2. The van der Waals surface area contributed by atoms with E-state index in [1.165, 1.54) is 70.6 Å². The first-order chi connectivity index (χ1) is 17.8. The van der Waals surface area contributed by atoms with Gasteiger partial charge in [-0.3, -0.25) is 9.59 Å². The van der Waals surface area contributed by atoms with Crippen LogP contribution in [-0.2, 0) is 19.1 Å². The fourth-order valence-electron chi connectivity index (χ4n) is 7.56. The SMILES string of the molecule is CCC(C)(C)C(=O)OC1(C)CCC2CCCCC2C1.CCC(C)(C)C(=O)OC1(C)CCCC2CCCCC21. The Bertz CT molecular complexity index is 796. The maximum atomic E-state index is 12.4. The van der Waals surface area contributed by atoms with Gasteiger partial charge in [-0.15, -0.1) is 0 Å². The molecular weight excluding hydrogens is 472 g/mol. The Balaban J connectivity index is 0.000000211. The summed E-state index contributed by atoms with van der Waals surface area (Å²) >= 11 is 0. The molecule has 4 nitrogen and oxygen atoms in total. The molecule has 6 unspecified atom stereocenters. The highest BCUT2D eigenvalue weighted by molar-refractivity contribution is 5.76. The smallest absolute Gasteiger partial charge is 0.312 e. The van der Waals surface area contributed by atoms with E-state index in [4.69, 9.17) is 9.47 Å². The second-order valence-electron chi connectivity index (χ2n) is 15.1. The third kappa shape index (κ3) is 7.57. The molecule has 0 aromatic rings. The van der Waals surface area contributed by atoms with Gasteiger partial charge in [0.05, 0.1) is 10.8 Å². The molecule has 38 heavy (non-hydrogen) atoms. The van der Waals surface area contributed by atoms with E-state index in [9.17, 15) is 9.59 Å². The summed E-state index contributed by atoms with van der Waals surface area (Å²) in [6.07, 6.45) is 19.5. The van der Waals surface area contributed by atoms with E-state index in [1.807, 2.05) is 27.7 Å². The first-order valence-electron chi connectivity index (χ1n) is 16.2. The van der Waals surface area contributed by atoms with Crippen LogP contribution in [0.2, 0.25) is 0 Å². The van der Waals surface area contributed by atoms with Crippen LogP contribution in [0.3, 0.4) is 0 Å². The zero-order valence-electron chi connectivity index (χ0n) is 26.3. The van der Waals surface area contributed by atoms with Crippen LogP contribution in [0.15, 0.2) is 0 Å². The Kier molecular flexibility index (Phi) is 10.5. The van der Waals surface area contributed by atoms with Crippen LogP contribution in [0.1, 0.15) is 158 Å². The second-order valence-corrected chi connectivity index (χ2v) is 15.1. The minimum absolute atomic E-state index is 0.00345. The number of esters is 2. The van der Waals surface area contributed by atoms with Crippen LogP contribution in [0, 0.1) is 34.5 Å². The molecule has 4 rings (SSSR count). The average Bonchev–Trinajstić information content (AvgIpc) is 2.89. The number of hydrogen-bond acceptors (Lipinski definition) is 4. The van der Waals surface area contributed by atoms with Crippen molar-refractivity contribution in [3.8, 4) is 0 Å². The third-order valence-corrected chi connectivity index (χ3v) is 11.3. The number of carbonyl (C=O) groups excluding carboxylic acids is 2. The topological polar surface area (TPSA) is 52.6 Å². The minimum atomic E-state index is -0.343. The largest absolute Gasteiger partial charge is 0.459 e. The van der Waals surface area contributed by atoms with Crippen molar-refractivity contribution in [2.75, 3.05) is 0 Å². The predicted molar refractivity (Wildman–Crippen MR) is 156 cm³/mol. The number of hydrogen-bond donors (Lipinski definition) is 0. The van der Waals surface area contributed by atoms with Crippen LogP contribution in [-0.4, -0.2) is 23.1 Å². The molecule has 4 fully saturated rings. The average molecular weight is 533 g/mol. The maximum absolute atomic E-state index is 12.4. The second kappa shape index (κ2) is 12.6. The van der Waals surface area contributed by atoms with Gasteiger partial charge in [-0.2, -0.15) is 0 Å². The summed E-state index contributed by atoms with van der Waals surface area (Å²) in [5.41, 5.74) is -1.09. The predicted octanol–water partition coefficient (Wildman–Crippen LogP) is 9.43. The van der Waals surface area contributed by atoms with Gasteiger partial charge in [-0.05, 0) is 117 Å². The molecule has 220 valence electrons. The van der Waals surface area contributed by atoms with Crippen molar-refractivity contribution in [3.05, 3.63) is 0 Å². The maximum Gasteiger partial charge on any atom is 0.312 e. The van der Waals surface area contributed by atoms with Gasteiger partial charge in [-0.1, -0.05) is 58.8 Å². The molecule has 0 N–H and O–H groups in total. The van der Waals surface area contributed by atoms with Gasteiger partial charge in [0.1, 0.15) is 11.2 Å². The molecule has 6 atom stereocenters. The molecule has 0 radical (unpaired) electrons. The van der Waals surface area contributed by atoms with Crippen molar-refractivity contribution < 1.29 is 19.1 Å². The number of fused-ring (bicyclic) bond motifs is 2. The van der Waals surface area contributed by atoms with Crippen LogP contribution in [0.4, 0.5) is 0 Å². The summed E-state index contributed by atoms with van der Waals surface area (Å²) < 4.78 is 12.0. The lowest BCUT2D eigenvalue weighted by molar-refractivity contribution is -0.184. The van der Waals surface area contributed by atoms with Crippen LogP contribution < -0.4 is 0 Å². The molecule has 0 aromatic heterocycles. The summed E-state index contributed by atoms with van der Waals surface area (Å²) in [4.78, 5) is 24.7. The van der Waals surface area contributed by atoms with Crippen LogP contribution in [0.25, 0.3) is 0 Å². The molecule has 0 spiro atoms. The van der Waals surface area contributed by atoms with Crippen LogP contribution in [0.5, 0.6) is 0 Å². The molecule has 4 heteroatoms. The van der Waals surface area contributed by atoms with Gasteiger partial charge in [0, 0.05) is 5.92 Å². The lowest BCUT2D eigenvalue weighted by atomic mass is 9.63. The fraction of sp³-hybridized carbons (Fsp3) is 0.941. The zero-order chi connectivity index (χ0) is 28.2. The third-order valence-electron chi connectivity index (χ3n) is 11.3. The quantitative estimate of drug-likeness (QED) is 0.320. The van der Waals surface area contributed by atoms with E-state index < -0.39 is 0 Å². The molecule has 0 aliphatic heterocycles. The van der Waals surface area contributed by atoms with E-state index >= 15 is 0 Å². The molecule has 0 saturated heterocycles. The highest BCUT2D eigenvalue weighted by Crippen LogP contribution is 2.49. The van der Waals surface area contributed by atoms with Crippen molar-refractivity contribution in [3.63, 3.8) is 0 Å². The molecule has 0 bridgehead atoms. The number of rotatable bonds is 6. The monoisotopic (exact) mass is 532 g/mol. The molecule has 0 aromatic carbocycles. The van der Waals surface area contributed by atoms with Gasteiger partial charge >= 0.3 is 11.9 Å². The Morgan fingerprint density at radius 2 is 1.16 bits per heavy atom. The highest BCUT2D eigenvalue weighted by Gasteiger charge is 2.47. The Hall–Kier alpha value is -1.06. The van der Waals surface area contributed by atoms with E-state index in [1.54, 1.807) is 0 Å². The molecule has 4 aliphatic rings. The highest BCUT2D eigenvalue weighted by atomic mass is 16.6. The zero-order valence-corrected chi connectivity index (χ0v) is 26.3. The van der Waals surface area contributed by atoms with E-state index in [2.05, 4.69) is 27.7 Å². The van der Waals surface area contributed by atoms with Gasteiger partial charge < -0.3 is 9.47 Å². The van der Waals surface area contributed by atoms with E-state index in [0.717, 1.165) is 49.9 Å². The van der Waals surface area contributed by atoms with Crippen molar-refractivity contribution >= 4 is 11.9 Å². The summed E-state index contributed by atoms with van der Waals surface area (Å²) in [7, 11) is 0. The lowest BCUT2D eigenvalue weighted by Crippen LogP contribution is -2.49. The van der Waals surface area contributed by atoms with Crippen LogP contribution >= 0.6 is 0 Å². The normalized spacial score (nSPS) is 35.6. The van der Waals surface area contributed by atoms with Crippen molar-refractivity contribution in [1.82, 2.24) is 0 Å². The summed E-state index contributed by atoms with van der Waals surface area (Å²) in [6, 6.07) is 0. The van der Waals surface area contributed by atoms with Crippen molar-refractivity contribution in [1.29, 1.82) is 0 Å². The molecule has 4 saturated carbocycles. The minimum Gasteiger partial charge on any atom is -0.459 e. The van der Waals surface area contributed by atoms with Gasteiger partial charge in [-0.25, -0.2) is 0 Å². The fourth-order valence-corrected chi connectivity index (χ4v) is 7.56. The molecule has 0 heterocycles. The molecule has 0 amide bonds. The summed E-state index contributed by atoms with van der Waals surface area (Å²) in [5.74, 6) is 3.09. The van der Waals surface area contributed by atoms with Crippen molar-refractivity contribution in [2.24, 2.45) is 34.5 Å². The number of carbonyl (C=O) groups is 2. The first kappa shape index (κ1) is 31.5. The van der Waals surface area contributed by atoms with Gasteiger partial charge in [0.25, 0.3) is 0 Å².